The van der Waals surface area contributed by atoms with Gasteiger partial charge in [-0.2, -0.15) is 0 Å². The number of urea groups is 1. The summed E-state index contributed by atoms with van der Waals surface area (Å²) in [5.41, 5.74) is 0.983. The summed E-state index contributed by atoms with van der Waals surface area (Å²) >= 11 is 0. The fourth-order valence-corrected chi connectivity index (χ4v) is 2.95. The number of nitrogens with zero attached hydrogens (tertiary/aromatic N) is 3. The third-order valence-corrected chi connectivity index (χ3v) is 4.25. The van der Waals surface area contributed by atoms with Gasteiger partial charge in [-0.3, -0.25) is 0 Å². The maximum Gasteiger partial charge on any atom is 0.315 e. The van der Waals surface area contributed by atoms with E-state index in [1.807, 2.05) is 24.3 Å². The summed E-state index contributed by atoms with van der Waals surface area (Å²) in [5.74, 6) is 1.97. The van der Waals surface area contributed by atoms with Crippen LogP contribution in [0.1, 0.15) is 12.0 Å². The molecule has 1 aliphatic heterocycles. The number of amides is 2. The first kappa shape index (κ1) is 17.8. The monoisotopic (exact) mass is 357 g/mol. The molecule has 8 nitrogen and oxygen atoms in total. The summed E-state index contributed by atoms with van der Waals surface area (Å²) in [7, 11) is 3.20. The molecular weight excluding hydrogens is 334 g/mol. The van der Waals surface area contributed by atoms with Crippen molar-refractivity contribution in [1.82, 2.24) is 20.6 Å². The summed E-state index contributed by atoms with van der Waals surface area (Å²) in [5, 5.41) is 5.88. The Bertz CT molecular complexity index is 755. The molecule has 0 spiro atoms. The molecule has 0 unspecified atom stereocenters. The number of aromatic nitrogens is 2. The second kappa shape index (κ2) is 8.37. The van der Waals surface area contributed by atoms with E-state index >= 15 is 0 Å². The van der Waals surface area contributed by atoms with Crippen molar-refractivity contribution in [3.63, 3.8) is 0 Å². The Morgan fingerprint density at radius 1 is 1.27 bits per heavy atom. The van der Waals surface area contributed by atoms with Gasteiger partial charge in [-0.25, -0.2) is 14.8 Å². The molecule has 1 aromatic heterocycles. The summed E-state index contributed by atoms with van der Waals surface area (Å²) in [4.78, 5) is 22.7. The van der Waals surface area contributed by atoms with Crippen LogP contribution >= 0.6 is 0 Å². The number of anilines is 1. The predicted octanol–water partition coefficient (Wildman–Crippen LogP) is 1.57. The van der Waals surface area contributed by atoms with E-state index in [1.165, 1.54) is 0 Å². The first-order valence-electron chi connectivity index (χ1n) is 8.47. The van der Waals surface area contributed by atoms with Crippen LogP contribution in [0.15, 0.2) is 36.7 Å². The van der Waals surface area contributed by atoms with Crippen molar-refractivity contribution in [2.45, 2.75) is 19.0 Å². The van der Waals surface area contributed by atoms with Crippen molar-refractivity contribution in [3.8, 4) is 11.6 Å². The van der Waals surface area contributed by atoms with Gasteiger partial charge in [0.25, 0.3) is 5.88 Å². The second-order valence-electron chi connectivity index (χ2n) is 6.00. The molecule has 2 heterocycles. The molecule has 2 N–H and O–H groups in total. The third kappa shape index (κ3) is 4.33. The highest BCUT2D eigenvalue weighted by Gasteiger charge is 2.27. The molecule has 3 rings (SSSR count). The Morgan fingerprint density at radius 3 is 2.92 bits per heavy atom. The number of rotatable bonds is 6. The van der Waals surface area contributed by atoms with Gasteiger partial charge < -0.3 is 25.0 Å². The molecule has 8 heteroatoms. The Labute approximate surface area is 152 Å². The minimum atomic E-state index is -0.189. The van der Waals surface area contributed by atoms with Crippen molar-refractivity contribution in [1.29, 1.82) is 0 Å². The lowest BCUT2D eigenvalue weighted by Gasteiger charge is -2.19. The van der Waals surface area contributed by atoms with Crippen LogP contribution in [0.2, 0.25) is 0 Å². The summed E-state index contributed by atoms with van der Waals surface area (Å²) in [6.45, 7) is 1.90. The van der Waals surface area contributed by atoms with E-state index in [1.54, 1.807) is 26.6 Å². The van der Waals surface area contributed by atoms with E-state index in [-0.39, 0.29) is 12.1 Å². The molecule has 0 aliphatic carbocycles. The highest BCUT2D eigenvalue weighted by molar-refractivity contribution is 5.74. The quantitative estimate of drug-likeness (QED) is 0.816. The zero-order chi connectivity index (χ0) is 18.4. The number of ether oxygens (including phenoxy) is 2. The van der Waals surface area contributed by atoms with Gasteiger partial charge in [-0.05, 0) is 24.1 Å². The van der Waals surface area contributed by atoms with Crippen LogP contribution in [0.25, 0.3) is 0 Å². The van der Waals surface area contributed by atoms with Crippen molar-refractivity contribution in [2.75, 3.05) is 32.2 Å². The standard InChI is InChI=1S/C18H23N5O3/c1-25-15-5-3-4-13(10-15)11-21-18(24)22-14-6-9-23(12-14)16-17(26-2)20-8-7-19-16/h3-5,7-8,10,14H,6,9,11-12H2,1-2H3,(H2,21,22,24)/t14-/m1/s1. The molecule has 1 aromatic carbocycles. The van der Waals surface area contributed by atoms with Gasteiger partial charge in [0.1, 0.15) is 5.75 Å². The highest BCUT2D eigenvalue weighted by atomic mass is 16.5. The smallest absolute Gasteiger partial charge is 0.315 e. The predicted molar refractivity (Wildman–Crippen MR) is 97.6 cm³/mol. The fourth-order valence-electron chi connectivity index (χ4n) is 2.95. The third-order valence-electron chi connectivity index (χ3n) is 4.25. The number of carbonyl (C=O) groups excluding carboxylic acids is 1. The van der Waals surface area contributed by atoms with E-state index in [9.17, 15) is 4.79 Å². The van der Waals surface area contributed by atoms with Crippen LogP contribution in [-0.4, -0.2) is 49.4 Å². The van der Waals surface area contributed by atoms with Crippen LogP contribution in [0.3, 0.4) is 0 Å². The molecule has 1 fully saturated rings. The molecule has 1 saturated heterocycles. The molecule has 1 atom stereocenters. The molecule has 0 radical (unpaired) electrons. The van der Waals surface area contributed by atoms with Gasteiger partial charge in [0.15, 0.2) is 5.82 Å². The average molecular weight is 357 g/mol. The number of nitrogens with one attached hydrogen (secondary N) is 2. The van der Waals surface area contributed by atoms with Gasteiger partial charge in [-0.1, -0.05) is 12.1 Å². The van der Waals surface area contributed by atoms with E-state index in [4.69, 9.17) is 9.47 Å². The largest absolute Gasteiger partial charge is 0.497 e. The molecule has 2 amide bonds. The molecule has 26 heavy (non-hydrogen) atoms. The Kier molecular flexibility index (Phi) is 5.73. The molecular formula is C18H23N5O3. The first-order chi connectivity index (χ1) is 12.7. The Balaban J connectivity index is 1.49. The van der Waals surface area contributed by atoms with Gasteiger partial charge >= 0.3 is 6.03 Å². The van der Waals surface area contributed by atoms with E-state index in [0.717, 1.165) is 24.3 Å². The van der Waals surface area contributed by atoms with Gasteiger partial charge in [-0.15, -0.1) is 0 Å². The van der Waals surface area contributed by atoms with Crippen molar-refractivity contribution in [3.05, 3.63) is 42.2 Å². The molecule has 2 aromatic rings. The summed E-state index contributed by atoms with van der Waals surface area (Å²) < 4.78 is 10.4. The topological polar surface area (TPSA) is 88.6 Å². The summed E-state index contributed by atoms with van der Waals surface area (Å²) in [6.07, 6.45) is 4.08. The van der Waals surface area contributed by atoms with Crippen LogP contribution in [-0.2, 0) is 6.54 Å². The minimum Gasteiger partial charge on any atom is -0.497 e. The van der Waals surface area contributed by atoms with E-state index in [0.29, 0.717) is 24.8 Å². The Hall–Kier alpha value is -3.03. The fraction of sp³-hybridized carbons (Fsp3) is 0.389. The maximum absolute atomic E-state index is 12.2. The first-order valence-corrected chi connectivity index (χ1v) is 8.47. The van der Waals surface area contributed by atoms with Gasteiger partial charge in [0.05, 0.1) is 14.2 Å². The normalized spacial score (nSPS) is 16.2. The maximum atomic E-state index is 12.2. The molecule has 0 bridgehead atoms. The van der Waals surface area contributed by atoms with Crippen LogP contribution in [0, 0.1) is 0 Å². The van der Waals surface area contributed by atoms with Gasteiger partial charge in [0, 0.05) is 38.1 Å². The number of benzene rings is 1. The van der Waals surface area contributed by atoms with E-state index in [2.05, 4.69) is 25.5 Å². The summed E-state index contributed by atoms with van der Waals surface area (Å²) in [6, 6.07) is 7.48. The zero-order valence-electron chi connectivity index (χ0n) is 14.9. The molecule has 138 valence electrons. The molecule has 1 aliphatic rings. The Morgan fingerprint density at radius 2 is 2.12 bits per heavy atom. The van der Waals surface area contributed by atoms with Crippen LogP contribution in [0.5, 0.6) is 11.6 Å². The average Bonchev–Trinajstić information content (AvgIpc) is 3.14. The second-order valence-corrected chi connectivity index (χ2v) is 6.00. The van der Waals surface area contributed by atoms with Crippen molar-refractivity contribution in [2.24, 2.45) is 0 Å². The number of hydrogen-bond acceptors (Lipinski definition) is 6. The van der Waals surface area contributed by atoms with Gasteiger partial charge in [0.2, 0.25) is 0 Å². The highest BCUT2D eigenvalue weighted by Crippen LogP contribution is 2.25. The van der Waals surface area contributed by atoms with Crippen LogP contribution < -0.4 is 25.0 Å². The molecule has 0 saturated carbocycles. The lowest BCUT2D eigenvalue weighted by molar-refractivity contribution is 0.237. The number of methoxy groups -OCH3 is 2. The lowest BCUT2D eigenvalue weighted by atomic mass is 10.2. The van der Waals surface area contributed by atoms with E-state index < -0.39 is 0 Å². The van der Waals surface area contributed by atoms with Crippen molar-refractivity contribution < 1.29 is 14.3 Å². The zero-order valence-corrected chi connectivity index (χ0v) is 14.9. The number of carbonyl (C=O) groups is 1. The minimum absolute atomic E-state index is 0.0482. The number of hydrogen-bond donors (Lipinski definition) is 2. The van der Waals surface area contributed by atoms with Crippen LogP contribution in [0.4, 0.5) is 10.6 Å². The SMILES string of the molecule is COc1cccc(CNC(=O)N[C@@H]2CCN(c3nccnc3OC)C2)c1. The van der Waals surface area contributed by atoms with Crippen molar-refractivity contribution >= 4 is 11.8 Å². The lowest BCUT2D eigenvalue weighted by Crippen LogP contribution is -2.43.